The Hall–Kier alpha value is -3.71. The average molecular weight is 774 g/mol. The molecule has 52 heavy (non-hydrogen) atoms. The molecule has 0 saturated heterocycles. The van der Waals surface area contributed by atoms with Gasteiger partial charge in [-0.2, -0.15) is 13.7 Å². The Bertz CT molecular complexity index is 2000. The summed E-state index contributed by atoms with van der Waals surface area (Å²) in [6, 6.07) is 17.8. The van der Waals surface area contributed by atoms with Gasteiger partial charge in [0, 0.05) is 25.5 Å². The fourth-order valence-corrected chi connectivity index (χ4v) is 7.99. The number of alkyl halides is 1. The number of benzene rings is 2. The standard InChI is InChI=1S/C31H33ClN4O7S2.C6H15N/c1-2-34-27-19-25(32)24(20-33)18-26(27)36(21-45(40,41)42)30(34)11-8-12-31-35(15-6-7-16-44(37,38)39)28-17-23(13-14-29(28)43-31)22-9-4-3-5-10-22;1-4-7(5-2)6-3/h3-5,8-14,17,24-25H,2,6-7,15-16,18-19,21H2,1H3,(H-,37,38,39,40,41,42);4-6H2,1-3H3. The maximum absolute atomic E-state index is 11.9. The number of ether oxygens (including phenoxy) is 1. The molecule has 2 atom stereocenters. The van der Waals surface area contributed by atoms with Crippen LogP contribution in [0.15, 0.2) is 66.6 Å². The lowest BCUT2D eigenvalue weighted by Gasteiger charge is -2.20. The summed E-state index contributed by atoms with van der Waals surface area (Å²) in [7, 11) is -8.75. The third-order valence-corrected chi connectivity index (χ3v) is 11.1. The van der Waals surface area contributed by atoms with E-state index in [1.807, 2.05) is 64.9 Å². The van der Waals surface area contributed by atoms with Gasteiger partial charge in [-0.15, -0.1) is 11.6 Å². The van der Waals surface area contributed by atoms with Gasteiger partial charge >= 0.3 is 0 Å². The fraction of sp³-hybridized carbons (Fsp3) is 0.459. The minimum absolute atomic E-state index is 0.226. The highest BCUT2D eigenvalue weighted by molar-refractivity contribution is 7.85. The van der Waals surface area contributed by atoms with Crippen molar-refractivity contribution >= 4 is 43.6 Å². The van der Waals surface area contributed by atoms with Gasteiger partial charge in [-0.1, -0.05) is 57.2 Å². The highest BCUT2D eigenvalue weighted by atomic mass is 35.5. The molecule has 0 bridgehead atoms. The van der Waals surface area contributed by atoms with Gasteiger partial charge < -0.3 is 19.1 Å². The van der Waals surface area contributed by atoms with Crippen molar-refractivity contribution in [3.05, 3.63) is 83.8 Å². The zero-order valence-corrected chi connectivity index (χ0v) is 32.5. The van der Waals surface area contributed by atoms with E-state index in [9.17, 15) is 31.2 Å². The monoisotopic (exact) mass is 773 g/mol. The van der Waals surface area contributed by atoms with Crippen LogP contribution >= 0.6 is 11.6 Å². The number of hydrogen-bond donors (Lipinski definition) is 1. The molecule has 1 aliphatic heterocycles. The first-order chi connectivity index (χ1) is 24.7. The second-order valence-corrected chi connectivity index (χ2v) is 16.1. The summed E-state index contributed by atoms with van der Waals surface area (Å²) in [5, 5.41) is 9.15. The van der Waals surface area contributed by atoms with Crippen molar-refractivity contribution in [2.75, 3.05) is 36.8 Å². The summed E-state index contributed by atoms with van der Waals surface area (Å²) in [5.74, 6) is -0.108. The number of halogens is 1. The van der Waals surface area contributed by atoms with Gasteiger partial charge in [0.1, 0.15) is 21.5 Å². The van der Waals surface area contributed by atoms with Gasteiger partial charge in [0.15, 0.2) is 11.6 Å². The van der Waals surface area contributed by atoms with Crippen LogP contribution in [-0.2, 0) is 45.5 Å². The molecule has 1 aliphatic carbocycles. The summed E-state index contributed by atoms with van der Waals surface area (Å²) >= 11 is 6.49. The third-order valence-electron chi connectivity index (χ3n) is 9.24. The van der Waals surface area contributed by atoms with E-state index in [4.69, 9.17) is 16.3 Å². The molecule has 1 aromatic heterocycles. The summed E-state index contributed by atoms with van der Waals surface area (Å²) in [6.07, 6.45) is 6.40. The number of rotatable bonds is 14. The largest absolute Gasteiger partial charge is 0.745 e. The summed E-state index contributed by atoms with van der Waals surface area (Å²) in [5.41, 5.74) is 4.17. The van der Waals surface area contributed by atoms with Crippen molar-refractivity contribution in [1.29, 1.82) is 5.26 Å². The van der Waals surface area contributed by atoms with Crippen LogP contribution in [-0.4, -0.2) is 72.7 Å². The molecule has 2 heterocycles. The van der Waals surface area contributed by atoms with Crippen LogP contribution in [0.4, 0.5) is 5.69 Å². The average Bonchev–Trinajstić information content (AvgIpc) is 3.59. The Labute approximate surface area is 313 Å². The van der Waals surface area contributed by atoms with E-state index in [0.29, 0.717) is 49.1 Å². The SMILES string of the molecule is CCN(CC)CC.CCn1c2c([n+](CS(=O)(=O)[O-])c1C=CC=C1Oc3ccc(-c4ccccc4)cc3N1CCCCS(=O)(=O)O)CC(C#N)C(Cl)C2. The topological polar surface area (TPSA) is 160 Å². The number of nitrogens with zero attached hydrogens (tertiary/aromatic N) is 5. The third kappa shape index (κ3) is 10.7. The molecule has 15 heteroatoms. The molecule has 282 valence electrons. The van der Waals surface area contributed by atoms with Crippen molar-refractivity contribution in [1.82, 2.24) is 9.47 Å². The van der Waals surface area contributed by atoms with Crippen molar-refractivity contribution in [3.63, 3.8) is 0 Å². The smallest absolute Gasteiger partial charge is 0.282 e. The van der Waals surface area contributed by atoms with Crippen LogP contribution in [0.3, 0.4) is 0 Å². The molecular formula is C37H48ClN5O7S2. The molecule has 2 aliphatic rings. The maximum Gasteiger partial charge on any atom is 0.282 e. The van der Waals surface area contributed by atoms with Gasteiger partial charge in [0.2, 0.25) is 5.88 Å². The van der Waals surface area contributed by atoms with Crippen LogP contribution in [0.5, 0.6) is 5.75 Å². The maximum atomic E-state index is 11.9. The quantitative estimate of drug-likeness (QED) is 0.0949. The van der Waals surface area contributed by atoms with E-state index in [0.717, 1.165) is 22.5 Å². The lowest BCUT2D eigenvalue weighted by atomic mass is 9.90. The molecular weight excluding hydrogens is 726 g/mol. The fourth-order valence-electron chi connectivity index (χ4n) is 6.52. The molecule has 5 rings (SSSR count). The van der Waals surface area contributed by atoms with Crippen molar-refractivity contribution < 1.29 is 35.2 Å². The Balaban J connectivity index is 0.000000785. The van der Waals surface area contributed by atoms with Gasteiger partial charge in [-0.25, -0.2) is 17.6 Å². The highest BCUT2D eigenvalue weighted by Gasteiger charge is 2.39. The van der Waals surface area contributed by atoms with Crippen molar-refractivity contribution in [2.45, 2.75) is 71.2 Å². The zero-order chi connectivity index (χ0) is 38.1. The van der Waals surface area contributed by atoms with E-state index in [-0.39, 0.29) is 18.6 Å². The second kappa shape index (κ2) is 18.4. The molecule has 1 N–H and O–H groups in total. The number of aromatic nitrogens is 2. The van der Waals surface area contributed by atoms with Gasteiger partial charge in [0.05, 0.1) is 35.3 Å². The molecule has 0 fully saturated rings. The van der Waals surface area contributed by atoms with Crippen molar-refractivity contribution in [2.24, 2.45) is 5.92 Å². The van der Waals surface area contributed by atoms with Crippen molar-refractivity contribution in [3.8, 4) is 22.9 Å². The molecule has 3 aromatic rings. The Morgan fingerprint density at radius 1 is 1.04 bits per heavy atom. The second-order valence-electron chi connectivity index (χ2n) is 12.5. The molecule has 2 unspecified atom stereocenters. The van der Waals surface area contributed by atoms with E-state index >= 15 is 0 Å². The van der Waals surface area contributed by atoms with Gasteiger partial charge in [-0.3, -0.25) is 4.55 Å². The van der Waals surface area contributed by atoms with Crippen LogP contribution in [0.2, 0.25) is 0 Å². The first-order valence-corrected chi connectivity index (χ1v) is 21.2. The summed E-state index contributed by atoms with van der Waals surface area (Å²) in [4.78, 5) is 4.30. The highest BCUT2D eigenvalue weighted by Crippen LogP contribution is 2.42. The molecule has 2 aromatic carbocycles. The first-order valence-electron chi connectivity index (χ1n) is 17.5. The Morgan fingerprint density at radius 3 is 2.31 bits per heavy atom. The predicted molar refractivity (Wildman–Crippen MR) is 202 cm³/mol. The number of hydrogen-bond acceptors (Lipinski definition) is 9. The first kappa shape index (κ1) is 41.1. The van der Waals surface area contributed by atoms with E-state index < -0.39 is 37.4 Å². The number of nitriles is 1. The van der Waals surface area contributed by atoms with Gasteiger partial charge in [0.25, 0.3) is 15.9 Å². The normalized spacial score (nSPS) is 17.8. The van der Waals surface area contributed by atoms with E-state index in [2.05, 4.69) is 31.7 Å². The van der Waals surface area contributed by atoms with Crippen LogP contribution in [0, 0.1) is 17.2 Å². The van der Waals surface area contributed by atoms with Gasteiger partial charge in [-0.05, 0) is 74.8 Å². The van der Waals surface area contributed by atoms with Crippen LogP contribution in [0.1, 0.15) is 57.7 Å². The van der Waals surface area contributed by atoms with E-state index in [1.165, 1.54) is 24.2 Å². The lowest BCUT2D eigenvalue weighted by molar-refractivity contribution is -0.687. The minimum atomic E-state index is -4.66. The summed E-state index contributed by atoms with van der Waals surface area (Å²) in [6.45, 7) is 12.9. The zero-order valence-electron chi connectivity index (χ0n) is 30.1. The number of imidazole rings is 1. The van der Waals surface area contributed by atoms with Crippen LogP contribution < -0.4 is 14.2 Å². The molecule has 0 amide bonds. The number of fused-ring (bicyclic) bond motifs is 2. The molecule has 0 radical (unpaired) electrons. The molecule has 0 spiro atoms. The number of unbranched alkanes of at least 4 members (excludes halogenated alkanes) is 1. The Kier molecular flexibility index (Phi) is 14.5. The minimum Gasteiger partial charge on any atom is -0.745 e. The van der Waals surface area contributed by atoms with Crippen LogP contribution in [0.25, 0.3) is 17.2 Å². The van der Waals surface area contributed by atoms with E-state index in [1.54, 1.807) is 18.2 Å². The number of allylic oxidation sites excluding steroid dienone is 2. The lowest BCUT2D eigenvalue weighted by Crippen LogP contribution is -2.45. The molecule has 0 saturated carbocycles. The number of anilines is 1. The Morgan fingerprint density at radius 2 is 1.73 bits per heavy atom. The molecule has 12 nitrogen and oxygen atoms in total. The summed E-state index contributed by atoms with van der Waals surface area (Å²) < 4.78 is 77.1. The predicted octanol–water partition coefficient (Wildman–Crippen LogP) is 5.58.